The van der Waals surface area contributed by atoms with Crippen LogP contribution in [0.5, 0.6) is 11.6 Å². The second-order valence-electron chi connectivity index (χ2n) is 8.29. The molecule has 174 valence electrons. The highest BCUT2D eigenvalue weighted by Crippen LogP contribution is 2.35. The van der Waals surface area contributed by atoms with Crippen molar-refractivity contribution in [2.45, 2.75) is 38.5 Å². The number of aliphatic hydroxyl groups excluding tert-OH is 1. The number of para-hydroxylation sites is 2. The molecule has 6 nitrogen and oxygen atoms in total. The molecule has 1 aromatic heterocycles. The molecule has 1 aliphatic rings. The molecule has 0 radical (unpaired) electrons. The van der Waals surface area contributed by atoms with Gasteiger partial charge in [-0.25, -0.2) is 9.07 Å². The Bertz CT molecular complexity index is 1070. The van der Waals surface area contributed by atoms with Gasteiger partial charge in [0.25, 0.3) is 0 Å². The van der Waals surface area contributed by atoms with Crippen molar-refractivity contribution in [3.8, 4) is 17.3 Å². The fourth-order valence-corrected chi connectivity index (χ4v) is 3.80. The van der Waals surface area contributed by atoms with Crippen molar-refractivity contribution in [3.63, 3.8) is 0 Å². The summed E-state index contributed by atoms with van der Waals surface area (Å²) in [6.07, 6.45) is 3.20. The van der Waals surface area contributed by atoms with Crippen molar-refractivity contribution in [2.24, 2.45) is 0 Å². The number of nitrogens with zero attached hydrogens (tertiary/aromatic N) is 3. The minimum Gasteiger partial charge on any atom is -0.435 e. The summed E-state index contributed by atoms with van der Waals surface area (Å²) < 4.78 is 27.7. The molecule has 3 aromatic rings. The Morgan fingerprint density at radius 1 is 1.21 bits per heavy atom. The number of aromatic nitrogens is 2. The number of aryl methyl sites for hydroxylation is 1. The number of rotatable bonds is 12. The number of benzene rings is 2. The molecule has 2 aromatic carbocycles. The fraction of sp³-hybridized carbons (Fsp3) is 0.346. The van der Waals surface area contributed by atoms with E-state index in [0.717, 1.165) is 29.8 Å². The SMILES string of the molecule is C=CCOC[C@@H](O)CN(Cc1c(C)nn(-c2ccccc2)c1Oc1ccccc1F)C1CC1. The number of ether oxygens (including phenoxy) is 2. The Morgan fingerprint density at radius 3 is 2.64 bits per heavy atom. The Labute approximate surface area is 193 Å². The van der Waals surface area contributed by atoms with Crippen molar-refractivity contribution < 1.29 is 19.0 Å². The molecule has 1 fully saturated rings. The van der Waals surface area contributed by atoms with E-state index in [-0.39, 0.29) is 12.4 Å². The first-order chi connectivity index (χ1) is 16.1. The van der Waals surface area contributed by atoms with Crippen LogP contribution >= 0.6 is 0 Å². The van der Waals surface area contributed by atoms with Crippen LogP contribution in [0.25, 0.3) is 5.69 Å². The van der Waals surface area contributed by atoms with Crippen LogP contribution < -0.4 is 4.74 Å². The molecule has 7 heteroatoms. The third-order valence-corrected chi connectivity index (χ3v) is 5.60. The van der Waals surface area contributed by atoms with Gasteiger partial charge in [-0.05, 0) is 44.0 Å². The summed E-state index contributed by atoms with van der Waals surface area (Å²) >= 11 is 0. The van der Waals surface area contributed by atoms with Crippen LogP contribution in [0.15, 0.2) is 67.3 Å². The molecule has 1 heterocycles. The van der Waals surface area contributed by atoms with Gasteiger partial charge < -0.3 is 14.6 Å². The van der Waals surface area contributed by atoms with Crippen LogP contribution in [0.3, 0.4) is 0 Å². The molecule has 1 atom stereocenters. The molecular weight excluding hydrogens is 421 g/mol. The summed E-state index contributed by atoms with van der Waals surface area (Å²) in [6.45, 7) is 7.22. The van der Waals surface area contributed by atoms with Crippen LogP contribution in [0, 0.1) is 12.7 Å². The van der Waals surface area contributed by atoms with Gasteiger partial charge in [0, 0.05) is 19.1 Å². The van der Waals surface area contributed by atoms with E-state index < -0.39 is 11.9 Å². The highest BCUT2D eigenvalue weighted by atomic mass is 19.1. The number of hydrogen-bond acceptors (Lipinski definition) is 5. The van der Waals surface area contributed by atoms with Gasteiger partial charge in [0.2, 0.25) is 5.88 Å². The van der Waals surface area contributed by atoms with Gasteiger partial charge in [-0.15, -0.1) is 6.58 Å². The summed E-state index contributed by atoms with van der Waals surface area (Å²) in [6, 6.07) is 16.4. The van der Waals surface area contributed by atoms with E-state index in [9.17, 15) is 9.50 Å². The molecule has 0 bridgehead atoms. The lowest BCUT2D eigenvalue weighted by Gasteiger charge is -2.25. The van der Waals surface area contributed by atoms with E-state index in [4.69, 9.17) is 14.6 Å². The minimum atomic E-state index is -0.619. The molecule has 1 saturated carbocycles. The average Bonchev–Trinajstić information content (AvgIpc) is 3.62. The average molecular weight is 452 g/mol. The van der Waals surface area contributed by atoms with E-state index in [1.54, 1.807) is 29.0 Å². The third kappa shape index (κ3) is 5.87. The molecule has 1 aliphatic carbocycles. The first kappa shape index (κ1) is 23.2. The van der Waals surface area contributed by atoms with E-state index >= 15 is 0 Å². The van der Waals surface area contributed by atoms with Crippen LogP contribution in [0.4, 0.5) is 4.39 Å². The smallest absolute Gasteiger partial charge is 0.227 e. The van der Waals surface area contributed by atoms with Crippen molar-refractivity contribution in [1.29, 1.82) is 0 Å². The molecule has 0 aliphatic heterocycles. The Balaban J connectivity index is 1.64. The van der Waals surface area contributed by atoms with Gasteiger partial charge >= 0.3 is 0 Å². The van der Waals surface area contributed by atoms with E-state index in [1.807, 2.05) is 37.3 Å². The Hall–Kier alpha value is -3.00. The number of aliphatic hydroxyl groups is 1. The zero-order chi connectivity index (χ0) is 23.2. The Kier molecular flexibility index (Phi) is 7.54. The van der Waals surface area contributed by atoms with Crippen LogP contribution in [-0.2, 0) is 11.3 Å². The van der Waals surface area contributed by atoms with Gasteiger partial charge in [0.15, 0.2) is 11.6 Å². The second-order valence-corrected chi connectivity index (χ2v) is 8.29. The summed E-state index contributed by atoms with van der Waals surface area (Å²) in [7, 11) is 0. The molecule has 0 spiro atoms. The van der Waals surface area contributed by atoms with Crippen molar-refractivity contribution in [2.75, 3.05) is 19.8 Å². The van der Waals surface area contributed by atoms with Crippen LogP contribution in [-0.4, -0.2) is 51.7 Å². The first-order valence-electron chi connectivity index (χ1n) is 11.2. The zero-order valence-corrected chi connectivity index (χ0v) is 18.9. The van der Waals surface area contributed by atoms with E-state index in [0.29, 0.717) is 31.6 Å². The van der Waals surface area contributed by atoms with Crippen molar-refractivity contribution in [1.82, 2.24) is 14.7 Å². The van der Waals surface area contributed by atoms with Gasteiger partial charge in [0.05, 0.1) is 36.3 Å². The maximum absolute atomic E-state index is 14.4. The predicted molar refractivity (Wildman–Crippen MR) is 125 cm³/mol. The normalized spacial score (nSPS) is 14.4. The maximum atomic E-state index is 14.4. The number of hydrogen-bond donors (Lipinski definition) is 1. The predicted octanol–water partition coefficient (Wildman–Crippen LogP) is 4.64. The summed E-state index contributed by atoms with van der Waals surface area (Å²) in [5.41, 5.74) is 2.50. The zero-order valence-electron chi connectivity index (χ0n) is 18.9. The van der Waals surface area contributed by atoms with Gasteiger partial charge in [0.1, 0.15) is 0 Å². The topological polar surface area (TPSA) is 59.8 Å². The van der Waals surface area contributed by atoms with Gasteiger partial charge in [-0.3, -0.25) is 4.90 Å². The highest BCUT2D eigenvalue weighted by Gasteiger charge is 2.32. The molecule has 33 heavy (non-hydrogen) atoms. The Morgan fingerprint density at radius 2 is 1.94 bits per heavy atom. The van der Waals surface area contributed by atoms with Crippen LogP contribution in [0.2, 0.25) is 0 Å². The second kappa shape index (κ2) is 10.7. The summed E-state index contributed by atoms with van der Waals surface area (Å²) in [4.78, 5) is 2.23. The molecule has 0 saturated heterocycles. The lowest BCUT2D eigenvalue weighted by atomic mass is 10.2. The standard InChI is InChI=1S/C26H30FN3O3/c1-3-15-32-18-22(31)16-29(20-13-14-20)17-23-19(2)28-30(21-9-5-4-6-10-21)26(23)33-25-12-8-7-11-24(25)27/h3-12,20,22,31H,1,13-18H2,2H3/t22-/m0/s1. The molecule has 1 N–H and O–H groups in total. The summed E-state index contributed by atoms with van der Waals surface area (Å²) in [5.74, 6) is 0.189. The number of halogens is 1. The third-order valence-electron chi connectivity index (χ3n) is 5.60. The lowest BCUT2D eigenvalue weighted by Crippen LogP contribution is -2.36. The largest absolute Gasteiger partial charge is 0.435 e. The maximum Gasteiger partial charge on any atom is 0.227 e. The van der Waals surface area contributed by atoms with Crippen molar-refractivity contribution in [3.05, 3.63) is 84.3 Å². The molecule has 4 rings (SSSR count). The summed E-state index contributed by atoms with van der Waals surface area (Å²) in [5, 5.41) is 15.2. The van der Waals surface area contributed by atoms with Crippen molar-refractivity contribution >= 4 is 0 Å². The molecular formula is C26H30FN3O3. The molecule has 0 amide bonds. The quantitative estimate of drug-likeness (QED) is 0.321. The van der Waals surface area contributed by atoms with Crippen LogP contribution in [0.1, 0.15) is 24.1 Å². The van der Waals surface area contributed by atoms with Gasteiger partial charge in [-0.2, -0.15) is 5.10 Å². The first-order valence-corrected chi connectivity index (χ1v) is 11.2. The highest BCUT2D eigenvalue weighted by molar-refractivity contribution is 5.43. The van der Waals surface area contributed by atoms with E-state index in [2.05, 4.69) is 11.5 Å². The lowest BCUT2D eigenvalue weighted by molar-refractivity contribution is 0.0226. The minimum absolute atomic E-state index is 0.145. The monoisotopic (exact) mass is 451 g/mol. The van der Waals surface area contributed by atoms with E-state index in [1.165, 1.54) is 6.07 Å². The van der Waals surface area contributed by atoms with Gasteiger partial charge in [-0.1, -0.05) is 36.4 Å². The molecule has 0 unspecified atom stereocenters. The fourth-order valence-electron chi connectivity index (χ4n) is 3.80.